The van der Waals surface area contributed by atoms with Gasteiger partial charge in [0, 0.05) is 23.5 Å². The van der Waals surface area contributed by atoms with Gasteiger partial charge in [-0.2, -0.15) is 0 Å². The average Bonchev–Trinajstić information content (AvgIpc) is 3.20. The van der Waals surface area contributed by atoms with Crippen molar-refractivity contribution in [3.05, 3.63) is 108 Å². The maximum absolute atomic E-state index is 13.7. The van der Waals surface area contributed by atoms with E-state index in [9.17, 15) is 4.57 Å². The van der Waals surface area contributed by atoms with E-state index >= 15 is 0 Å². The van der Waals surface area contributed by atoms with Gasteiger partial charge in [0.15, 0.2) is 0 Å². The Morgan fingerprint density at radius 2 is 1.33 bits per heavy atom. The number of aromatic amines is 1. The fourth-order valence-corrected chi connectivity index (χ4v) is 4.88. The van der Waals surface area contributed by atoms with Crippen LogP contribution in [0.15, 0.2) is 91.1 Å². The fraction of sp³-hybridized carbons (Fsp3) is 0.167. The summed E-state index contributed by atoms with van der Waals surface area (Å²) in [5.41, 5.74) is 10.3. The molecule has 1 unspecified atom stereocenters. The summed E-state index contributed by atoms with van der Waals surface area (Å²) >= 11 is 0. The standard InChI is InChI=1S/C24H25N2O3P/c25-24(15-21-16-26-23-14-8-7-13-22(21)23)30(27,28-17-19-9-3-1-4-10-19)29-18-20-11-5-2-6-12-20/h1-14,16,24,26H,15,17-18,25H2. The molecule has 0 aliphatic carbocycles. The first-order valence-corrected chi connectivity index (χ1v) is 11.5. The molecule has 0 bridgehead atoms. The van der Waals surface area contributed by atoms with E-state index in [1.807, 2.05) is 91.1 Å². The summed E-state index contributed by atoms with van der Waals surface area (Å²) in [7, 11) is -3.60. The number of para-hydroxylation sites is 1. The third kappa shape index (κ3) is 4.89. The Balaban J connectivity index is 1.53. The van der Waals surface area contributed by atoms with Gasteiger partial charge in [0.2, 0.25) is 0 Å². The van der Waals surface area contributed by atoms with Crippen molar-refractivity contribution in [3.63, 3.8) is 0 Å². The van der Waals surface area contributed by atoms with Gasteiger partial charge in [-0.3, -0.25) is 4.57 Å². The van der Waals surface area contributed by atoms with E-state index in [1.54, 1.807) is 0 Å². The number of H-pyrrole nitrogens is 1. The molecule has 3 N–H and O–H groups in total. The second kappa shape index (κ2) is 9.41. The zero-order valence-corrected chi connectivity index (χ0v) is 17.5. The molecule has 5 nitrogen and oxygen atoms in total. The van der Waals surface area contributed by atoms with E-state index in [2.05, 4.69) is 4.98 Å². The van der Waals surface area contributed by atoms with Crippen LogP contribution in [0.25, 0.3) is 10.9 Å². The SMILES string of the molecule is NC(Cc1c[nH]c2ccccc12)P(=O)(OCc1ccccc1)OCc1ccccc1. The summed E-state index contributed by atoms with van der Waals surface area (Å²) in [6.07, 6.45) is 2.29. The summed E-state index contributed by atoms with van der Waals surface area (Å²) < 4.78 is 25.5. The number of fused-ring (bicyclic) bond motifs is 1. The van der Waals surface area contributed by atoms with E-state index in [4.69, 9.17) is 14.8 Å². The fourth-order valence-electron chi connectivity index (χ4n) is 3.34. The number of rotatable bonds is 9. The second-order valence-electron chi connectivity index (χ2n) is 7.19. The minimum atomic E-state index is -3.60. The highest BCUT2D eigenvalue weighted by atomic mass is 31.2. The van der Waals surface area contributed by atoms with E-state index in [0.29, 0.717) is 6.42 Å². The van der Waals surface area contributed by atoms with Gasteiger partial charge in [-0.1, -0.05) is 78.9 Å². The summed E-state index contributed by atoms with van der Waals surface area (Å²) in [6.45, 7) is 0.350. The maximum Gasteiger partial charge on any atom is 0.348 e. The highest BCUT2D eigenvalue weighted by Crippen LogP contribution is 2.53. The lowest BCUT2D eigenvalue weighted by Crippen LogP contribution is -2.25. The Kier molecular flexibility index (Phi) is 6.46. The molecule has 1 heterocycles. The maximum atomic E-state index is 13.7. The smallest absolute Gasteiger partial charge is 0.348 e. The van der Waals surface area contributed by atoms with Gasteiger partial charge in [-0.05, 0) is 22.8 Å². The van der Waals surface area contributed by atoms with E-state index in [-0.39, 0.29) is 13.2 Å². The quantitative estimate of drug-likeness (QED) is 0.345. The minimum absolute atomic E-state index is 0.175. The third-order valence-electron chi connectivity index (χ3n) is 5.02. The molecule has 154 valence electrons. The van der Waals surface area contributed by atoms with Crippen LogP contribution in [-0.2, 0) is 33.2 Å². The lowest BCUT2D eigenvalue weighted by Gasteiger charge is -2.24. The molecule has 6 heteroatoms. The van der Waals surface area contributed by atoms with Crippen LogP contribution in [0.5, 0.6) is 0 Å². The van der Waals surface area contributed by atoms with Crippen molar-refractivity contribution in [3.8, 4) is 0 Å². The zero-order chi connectivity index (χ0) is 20.8. The summed E-state index contributed by atoms with van der Waals surface area (Å²) in [5.74, 6) is -0.788. The van der Waals surface area contributed by atoms with Crippen molar-refractivity contribution in [1.82, 2.24) is 4.98 Å². The predicted octanol–water partition coefficient (Wildman–Crippen LogP) is 5.62. The highest BCUT2D eigenvalue weighted by molar-refractivity contribution is 7.54. The van der Waals surface area contributed by atoms with Crippen molar-refractivity contribution in [2.45, 2.75) is 25.4 Å². The summed E-state index contributed by atoms with van der Waals surface area (Å²) in [5, 5.41) is 1.06. The predicted molar refractivity (Wildman–Crippen MR) is 120 cm³/mol. The second-order valence-corrected chi connectivity index (χ2v) is 9.45. The molecule has 0 radical (unpaired) electrons. The number of nitrogens with one attached hydrogen (secondary N) is 1. The molecular weight excluding hydrogens is 395 g/mol. The molecule has 3 aromatic carbocycles. The lowest BCUT2D eigenvalue weighted by molar-refractivity contribution is 0.183. The molecule has 4 aromatic rings. The van der Waals surface area contributed by atoms with Gasteiger partial charge in [-0.15, -0.1) is 0 Å². The number of hydrogen-bond donors (Lipinski definition) is 2. The first kappa shape index (κ1) is 20.6. The largest absolute Gasteiger partial charge is 0.361 e. The number of nitrogens with two attached hydrogens (primary N) is 1. The normalized spacial score (nSPS) is 12.8. The number of aromatic nitrogens is 1. The van der Waals surface area contributed by atoms with Crippen molar-refractivity contribution >= 4 is 18.5 Å². The van der Waals surface area contributed by atoms with Crippen LogP contribution < -0.4 is 5.73 Å². The highest BCUT2D eigenvalue weighted by Gasteiger charge is 2.34. The molecule has 0 aliphatic rings. The molecule has 0 saturated heterocycles. The van der Waals surface area contributed by atoms with Gasteiger partial charge in [-0.25, -0.2) is 0 Å². The Morgan fingerprint density at radius 1 is 0.800 bits per heavy atom. The van der Waals surface area contributed by atoms with Crippen molar-refractivity contribution in [2.24, 2.45) is 5.73 Å². The molecule has 0 amide bonds. The first-order chi connectivity index (χ1) is 14.6. The van der Waals surface area contributed by atoms with Crippen LogP contribution in [-0.4, -0.2) is 10.8 Å². The summed E-state index contributed by atoms with van der Waals surface area (Å²) in [6, 6.07) is 27.2. The molecule has 30 heavy (non-hydrogen) atoms. The molecule has 1 atom stereocenters. The third-order valence-corrected chi connectivity index (χ3v) is 6.99. The van der Waals surface area contributed by atoms with E-state index < -0.39 is 13.4 Å². The van der Waals surface area contributed by atoms with Gasteiger partial charge >= 0.3 is 7.60 Å². The molecule has 4 rings (SSSR count). The van der Waals surface area contributed by atoms with Crippen molar-refractivity contribution in [1.29, 1.82) is 0 Å². The molecule has 0 fully saturated rings. The van der Waals surface area contributed by atoms with Gasteiger partial charge in [0.05, 0.1) is 13.2 Å². The first-order valence-electron chi connectivity index (χ1n) is 9.91. The van der Waals surface area contributed by atoms with Gasteiger partial charge in [0.1, 0.15) is 5.78 Å². The molecular formula is C24H25N2O3P. The van der Waals surface area contributed by atoms with Crippen LogP contribution in [0.4, 0.5) is 0 Å². The van der Waals surface area contributed by atoms with Crippen LogP contribution in [0.1, 0.15) is 16.7 Å². The Morgan fingerprint density at radius 3 is 1.93 bits per heavy atom. The van der Waals surface area contributed by atoms with Crippen LogP contribution in [0.3, 0.4) is 0 Å². The average molecular weight is 420 g/mol. The Labute approximate surface area is 176 Å². The lowest BCUT2D eigenvalue weighted by atomic mass is 10.1. The molecule has 0 spiro atoms. The topological polar surface area (TPSA) is 77.3 Å². The van der Waals surface area contributed by atoms with Crippen LogP contribution in [0.2, 0.25) is 0 Å². The Hall–Kier alpha value is -2.69. The van der Waals surface area contributed by atoms with Crippen LogP contribution >= 0.6 is 7.60 Å². The van der Waals surface area contributed by atoms with Crippen molar-refractivity contribution < 1.29 is 13.6 Å². The number of benzene rings is 3. The molecule has 1 aromatic heterocycles. The zero-order valence-electron chi connectivity index (χ0n) is 16.6. The molecule has 0 saturated carbocycles. The Bertz CT molecular complexity index is 1080. The monoisotopic (exact) mass is 420 g/mol. The minimum Gasteiger partial charge on any atom is -0.361 e. The van der Waals surface area contributed by atoms with E-state index in [1.165, 1.54) is 0 Å². The van der Waals surface area contributed by atoms with Gasteiger partial charge < -0.3 is 19.8 Å². The molecule has 0 aliphatic heterocycles. The number of hydrogen-bond acceptors (Lipinski definition) is 4. The van der Waals surface area contributed by atoms with Gasteiger partial charge in [0.25, 0.3) is 0 Å². The van der Waals surface area contributed by atoms with Crippen LogP contribution in [0, 0.1) is 0 Å². The summed E-state index contributed by atoms with van der Waals surface area (Å²) in [4.78, 5) is 3.23. The van der Waals surface area contributed by atoms with Crippen molar-refractivity contribution in [2.75, 3.05) is 0 Å². The van der Waals surface area contributed by atoms with E-state index in [0.717, 1.165) is 27.6 Å².